The summed E-state index contributed by atoms with van der Waals surface area (Å²) in [5, 5.41) is 13.0. The number of nitrogens with zero attached hydrogens (tertiary/aromatic N) is 4. The summed E-state index contributed by atoms with van der Waals surface area (Å²) in [5.41, 5.74) is 7.23. The quantitative estimate of drug-likeness (QED) is 0.307. The number of pyridine rings is 1. The largest absolute Gasteiger partial charge is 0.276 e. The molecule has 124 valence electrons. The van der Waals surface area contributed by atoms with E-state index in [1.165, 1.54) is 0 Å². The molecule has 0 aliphatic rings. The summed E-state index contributed by atoms with van der Waals surface area (Å²) in [7, 11) is 0. The first-order chi connectivity index (χ1) is 12.2. The van der Waals surface area contributed by atoms with Gasteiger partial charge in [-0.15, -0.1) is 10.2 Å². The van der Waals surface area contributed by atoms with Crippen molar-refractivity contribution in [3.63, 3.8) is 0 Å². The van der Waals surface area contributed by atoms with Gasteiger partial charge in [0.1, 0.15) is 0 Å². The van der Waals surface area contributed by atoms with E-state index in [-0.39, 0.29) is 0 Å². The van der Waals surface area contributed by atoms with Crippen molar-refractivity contribution in [1.82, 2.24) is 4.98 Å². The summed E-state index contributed by atoms with van der Waals surface area (Å²) in [5.74, 6) is 1.03. The number of aromatic nitrogens is 1. The molecule has 0 spiro atoms. The van der Waals surface area contributed by atoms with Crippen molar-refractivity contribution in [3.8, 4) is 0 Å². The van der Waals surface area contributed by atoms with E-state index in [0.29, 0.717) is 11.7 Å². The third-order valence-corrected chi connectivity index (χ3v) is 3.68. The molecule has 0 unspecified atom stereocenters. The molecule has 0 saturated heterocycles. The van der Waals surface area contributed by atoms with Crippen molar-refractivity contribution in [3.05, 3.63) is 89.6 Å². The highest BCUT2D eigenvalue weighted by molar-refractivity contribution is 5.99. The number of amidine groups is 1. The van der Waals surface area contributed by atoms with Gasteiger partial charge in [-0.3, -0.25) is 5.43 Å². The Morgan fingerprint density at radius 2 is 1.56 bits per heavy atom. The second-order valence-electron chi connectivity index (χ2n) is 5.57. The van der Waals surface area contributed by atoms with Crippen LogP contribution in [-0.4, -0.2) is 10.8 Å². The van der Waals surface area contributed by atoms with E-state index < -0.39 is 0 Å². The summed E-state index contributed by atoms with van der Waals surface area (Å²) in [6, 6.07) is 21.4. The van der Waals surface area contributed by atoms with Crippen LogP contribution < -0.4 is 5.43 Å². The van der Waals surface area contributed by atoms with Gasteiger partial charge in [0.05, 0.1) is 5.69 Å². The molecule has 0 aliphatic heterocycles. The van der Waals surface area contributed by atoms with E-state index >= 15 is 0 Å². The molecule has 1 N–H and O–H groups in total. The fourth-order valence-corrected chi connectivity index (χ4v) is 2.34. The number of hydrogen-bond donors (Lipinski definition) is 1. The molecule has 2 aromatic carbocycles. The van der Waals surface area contributed by atoms with Crippen LogP contribution in [0.5, 0.6) is 0 Å². The predicted octanol–water partition coefficient (Wildman–Crippen LogP) is 5.26. The number of benzene rings is 2. The van der Waals surface area contributed by atoms with Gasteiger partial charge in [0.25, 0.3) is 0 Å². The molecule has 0 fully saturated rings. The normalized spacial score (nSPS) is 11.7. The molecule has 0 atom stereocenters. The molecule has 3 aromatic rings. The smallest absolute Gasteiger partial charge is 0.201 e. The van der Waals surface area contributed by atoms with Crippen LogP contribution in [0.25, 0.3) is 0 Å². The van der Waals surface area contributed by atoms with Gasteiger partial charge in [0, 0.05) is 11.8 Å². The lowest BCUT2D eigenvalue weighted by Gasteiger charge is -2.09. The maximum atomic E-state index is 4.48. The van der Waals surface area contributed by atoms with Crippen LogP contribution in [0.15, 0.2) is 88.3 Å². The average molecular weight is 329 g/mol. The highest BCUT2D eigenvalue weighted by Gasteiger charge is 2.05. The number of nitrogens with one attached hydrogen (secondary N) is 1. The second-order valence-corrected chi connectivity index (χ2v) is 5.57. The lowest BCUT2D eigenvalue weighted by atomic mass is 10.1. The Morgan fingerprint density at radius 3 is 2.24 bits per heavy atom. The van der Waals surface area contributed by atoms with Crippen molar-refractivity contribution >= 4 is 17.3 Å². The Morgan fingerprint density at radius 1 is 0.840 bits per heavy atom. The maximum absolute atomic E-state index is 4.48. The minimum atomic E-state index is 0.494. The average Bonchev–Trinajstić information content (AvgIpc) is 2.65. The first-order valence-corrected chi connectivity index (χ1v) is 8.02. The van der Waals surface area contributed by atoms with Gasteiger partial charge < -0.3 is 0 Å². The van der Waals surface area contributed by atoms with Crippen molar-refractivity contribution in [2.24, 2.45) is 15.3 Å². The van der Waals surface area contributed by atoms with Crippen molar-refractivity contribution in [2.45, 2.75) is 13.8 Å². The van der Waals surface area contributed by atoms with Gasteiger partial charge in [-0.2, -0.15) is 5.10 Å². The number of para-hydroxylation sites is 1. The summed E-state index contributed by atoms with van der Waals surface area (Å²) in [4.78, 5) is 4.16. The zero-order valence-electron chi connectivity index (χ0n) is 14.2. The summed E-state index contributed by atoms with van der Waals surface area (Å²) < 4.78 is 0. The molecule has 25 heavy (non-hydrogen) atoms. The molecule has 5 heteroatoms. The van der Waals surface area contributed by atoms with Gasteiger partial charge in [-0.25, -0.2) is 4.98 Å². The molecule has 0 saturated carbocycles. The van der Waals surface area contributed by atoms with E-state index in [2.05, 4.69) is 25.7 Å². The highest BCUT2D eigenvalue weighted by Crippen LogP contribution is 2.20. The van der Waals surface area contributed by atoms with Crippen molar-refractivity contribution in [2.75, 3.05) is 5.43 Å². The first-order valence-electron chi connectivity index (χ1n) is 8.02. The molecule has 0 aliphatic carbocycles. The molecule has 1 aromatic heterocycles. The lowest BCUT2D eigenvalue weighted by Crippen LogP contribution is -2.03. The second kappa shape index (κ2) is 7.97. The Labute approximate surface area is 147 Å². The number of aryl methyl sites for hydroxylation is 2. The first kappa shape index (κ1) is 16.5. The Bertz CT molecular complexity index is 866. The topological polar surface area (TPSA) is 62.0 Å². The number of rotatable bonds is 4. The minimum absolute atomic E-state index is 0.494. The fourth-order valence-electron chi connectivity index (χ4n) is 2.34. The molecular weight excluding hydrogens is 310 g/mol. The van der Waals surface area contributed by atoms with Crippen LogP contribution >= 0.6 is 0 Å². The lowest BCUT2D eigenvalue weighted by molar-refractivity contribution is 1.16. The zero-order valence-corrected chi connectivity index (χ0v) is 14.2. The van der Waals surface area contributed by atoms with Crippen LogP contribution in [0.4, 0.5) is 11.5 Å². The molecule has 0 bridgehead atoms. The Balaban J connectivity index is 1.93. The van der Waals surface area contributed by atoms with Gasteiger partial charge in [-0.1, -0.05) is 54.6 Å². The maximum Gasteiger partial charge on any atom is 0.201 e. The van der Waals surface area contributed by atoms with Gasteiger partial charge in [0.15, 0.2) is 5.82 Å². The molecule has 1 heterocycles. The van der Waals surface area contributed by atoms with Gasteiger partial charge >= 0.3 is 0 Å². The molecular formula is C20H19N5. The van der Waals surface area contributed by atoms with Gasteiger partial charge in [0.2, 0.25) is 5.84 Å². The number of azo groups is 1. The predicted molar refractivity (Wildman–Crippen MR) is 101 cm³/mol. The fraction of sp³-hybridized carbons (Fsp3) is 0.100. The van der Waals surface area contributed by atoms with E-state index in [9.17, 15) is 0 Å². The van der Waals surface area contributed by atoms with E-state index in [0.717, 1.165) is 22.4 Å². The molecule has 5 nitrogen and oxygen atoms in total. The number of hydrogen-bond acceptors (Lipinski definition) is 4. The minimum Gasteiger partial charge on any atom is -0.276 e. The van der Waals surface area contributed by atoms with Crippen molar-refractivity contribution < 1.29 is 0 Å². The van der Waals surface area contributed by atoms with Crippen LogP contribution in [0.2, 0.25) is 0 Å². The SMILES string of the molecule is Cc1cccc(C)c1NN=C(N=Nc1ccccn1)c1ccccc1. The van der Waals surface area contributed by atoms with Gasteiger partial charge in [-0.05, 0) is 37.1 Å². The third kappa shape index (κ3) is 4.35. The highest BCUT2D eigenvalue weighted by atomic mass is 15.3. The van der Waals surface area contributed by atoms with E-state index in [1.807, 2.05) is 74.5 Å². The van der Waals surface area contributed by atoms with Crippen LogP contribution in [0.3, 0.4) is 0 Å². The van der Waals surface area contributed by atoms with Crippen molar-refractivity contribution in [1.29, 1.82) is 0 Å². The standard InChI is InChI=1S/C20H19N5/c1-15-9-8-10-16(2)19(15)23-25-20(17-11-4-3-5-12-17)24-22-18-13-6-7-14-21-18/h3-14,23H,1-2H3. The van der Waals surface area contributed by atoms with Crippen LogP contribution in [-0.2, 0) is 0 Å². The Hall–Kier alpha value is -3.34. The van der Waals surface area contributed by atoms with E-state index in [4.69, 9.17) is 0 Å². The number of anilines is 1. The summed E-state index contributed by atoms with van der Waals surface area (Å²) >= 11 is 0. The monoisotopic (exact) mass is 329 g/mol. The Kier molecular flexibility index (Phi) is 5.26. The molecule has 3 rings (SSSR count). The van der Waals surface area contributed by atoms with Crippen LogP contribution in [0, 0.1) is 13.8 Å². The summed E-state index contributed by atoms with van der Waals surface area (Å²) in [6.45, 7) is 4.09. The molecule has 0 amide bonds. The third-order valence-electron chi connectivity index (χ3n) is 3.68. The summed E-state index contributed by atoms with van der Waals surface area (Å²) in [6.07, 6.45) is 1.68. The van der Waals surface area contributed by atoms with Crippen LogP contribution in [0.1, 0.15) is 16.7 Å². The molecule has 0 radical (unpaired) electrons. The number of hydrazone groups is 1. The zero-order chi connectivity index (χ0) is 17.5. The van der Waals surface area contributed by atoms with E-state index in [1.54, 1.807) is 12.3 Å².